The number of rotatable bonds is 8. The third kappa shape index (κ3) is 5.07. The van der Waals surface area contributed by atoms with Crippen LogP contribution < -0.4 is 10.6 Å². The highest BCUT2D eigenvalue weighted by molar-refractivity contribution is 6.31. The van der Waals surface area contributed by atoms with Crippen LogP contribution in [0.3, 0.4) is 0 Å². The van der Waals surface area contributed by atoms with E-state index in [2.05, 4.69) is 15.6 Å². The van der Waals surface area contributed by atoms with Crippen molar-refractivity contribution in [2.45, 2.75) is 31.8 Å². The van der Waals surface area contributed by atoms with Gasteiger partial charge in [-0.3, -0.25) is 19.5 Å². The average Bonchev–Trinajstić information content (AvgIpc) is 2.96. The Kier molecular flexibility index (Phi) is 6.60. The van der Waals surface area contributed by atoms with E-state index in [-0.39, 0.29) is 31.2 Å². The predicted molar refractivity (Wildman–Crippen MR) is 105 cm³/mol. The van der Waals surface area contributed by atoms with Crippen molar-refractivity contribution >= 4 is 29.4 Å². The van der Waals surface area contributed by atoms with Crippen LogP contribution in [0.25, 0.3) is 0 Å². The van der Waals surface area contributed by atoms with Crippen LogP contribution in [0.5, 0.6) is 0 Å². The van der Waals surface area contributed by atoms with Crippen molar-refractivity contribution in [3.63, 3.8) is 0 Å². The highest BCUT2D eigenvalue weighted by Gasteiger charge is 2.38. The van der Waals surface area contributed by atoms with Crippen molar-refractivity contribution in [1.82, 2.24) is 20.5 Å². The molecule has 2 heterocycles. The van der Waals surface area contributed by atoms with Gasteiger partial charge in [-0.05, 0) is 30.2 Å². The fourth-order valence-corrected chi connectivity index (χ4v) is 3.15. The largest absolute Gasteiger partial charge is 0.356 e. The number of hydrogen-bond donors (Lipinski definition) is 2. The number of aromatic nitrogens is 1. The minimum absolute atomic E-state index is 0.108. The van der Waals surface area contributed by atoms with Gasteiger partial charge in [0.05, 0.1) is 6.54 Å². The number of pyridine rings is 1. The first kappa shape index (κ1) is 19.8. The minimum atomic E-state index is -0.698. The number of amides is 4. The van der Waals surface area contributed by atoms with E-state index in [1.807, 2.05) is 18.2 Å². The minimum Gasteiger partial charge on any atom is -0.356 e. The Labute approximate surface area is 168 Å². The lowest BCUT2D eigenvalue weighted by Gasteiger charge is -2.14. The van der Waals surface area contributed by atoms with Crippen LogP contribution in [-0.2, 0) is 22.6 Å². The first-order chi connectivity index (χ1) is 13.5. The highest BCUT2D eigenvalue weighted by Crippen LogP contribution is 2.20. The Morgan fingerprint density at radius 3 is 2.71 bits per heavy atom. The molecule has 1 fully saturated rings. The molecule has 1 saturated heterocycles. The molecule has 7 nitrogen and oxygen atoms in total. The van der Waals surface area contributed by atoms with Crippen molar-refractivity contribution in [3.8, 4) is 0 Å². The van der Waals surface area contributed by atoms with Gasteiger partial charge in [0, 0.05) is 36.3 Å². The summed E-state index contributed by atoms with van der Waals surface area (Å²) in [6.45, 7) is 0.580. The molecule has 1 aromatic carbocycles. The Balaban J connectivity index is 1.44. The van der Waals surface area contributed by atoms with E-state index in [4.69, 9.17) is 11.6 Å². The highest BCUT2D eigenvalue weighted by atomic mass is 35.5. The summed E-state index contributed by atoms with van der Waals surface area (Å²) in [4.78, 5) is 42.0. The van der Waals surface area contributed by atoms with Gasteiger partial charge in [0.15, 0.2) is 0 Å². The van der Waals surface area contributed by atoms with Gasteiger partial charge in [0.1, 0.15) is 6.04 Å². The van der Waals surface area contributed by atoms with Crippen molar-refractivity contribution in [2.24, 2.45) is 0 Å². The van der Waals surface area contributed by atoms with Gasteiger partial charge in [-0.15, -0.1) is 0 Å². The van der Waals surface area contributed by atoms with Crippen molar-refractivity contribution in [1.29, 1.82) is 0 Å². The average molecular weight is 401 g/mol. The molecule has 1 aliphatic rings. The van der Waals surface area contributed by atoms with Gasteiger partial charge in [-0.1, -0.05) is 35.9 Å². The first-order valence-corrected chi connectivity index (χ1v) is 9.44. The molecule has 2 N–H and O–H groups in total. The summed E-state index contributed by atoms with van der Waals surface area (Å²) in [6.07, 6.45) is 2.75. The molecule has 1 atom stereocenters. The monoisotopic (exact) mass is 400 g/mol. The molecule has 28 heavy (non-hydrogen) atoms. The Morgan fingerprint density at radius 1 is 1.18 bits per heavy atom. The van der Waals surface area contributed by atoms with Gasteiger partial charge in [-0.25, -0.2) is 4.79 Å². The molecule has 4 amide bonds. The maximum absolute atomic E-state index is 12.5. The van der Waals surface area contributed by atoms with Gasteiger partial charge in [0.25, 0.3) is 5.91 Å². The summed E-state index contributed by atoms with van der Waals surface area (Å²) in [7, 11) is 0. The third-order valence-corrected chi connectivity index (χ3v) is 4.85. The first-order valence-electron chi connectivity index (χ1n) is 9.06. The van der Waals surface area contributed by atoms with Gasteiger partial charge in [0.2, 0.25) is 5.91 Å². The Bertz CT molecular complexity index is 860. The number of imide groups is 1. The number of carbonyl (C=O) groups excluding carboxylic acids is 3. The molecule has 1 aromatic heterocycles. The Hall–Kier alpha value is -2.93. The molecule has 0 radical (unpaired) electrons. The van der Waals surface area contributed by atoms with Gasteiger partial charge in [-0.2, -0.15) is 0 Å². The zero-order valence-corrected chi connectivity index (χ0v) is 16.0. The number of halogens is 1. The van der Waals surface area contributed by atoms with Crippen LogP contribution in [0.2, 0.25) is 5.02 Å². The topological polar surface area (TPSA) is 91.4 Å². The molecule has 0 spiro atoms. The molecule has 8 heteroatoms. The van der Waals surface area contributed by atoms with Crippen LogP contribution >= 0.6 is 11.6 Å². The van der Waals surface area contributed by atoms with Crippen LogP contribution in [0.15, 0.2) is 48.7 Å². The summed E-state index contributed by atoms with van der Waals surface area (Å²) < 4.78 is 0. The predicted octanol–water partition coefficient (Wildman–Crippen LogP) is 2.29. The fraction of sp³-hybridized carbons (Fsp3) is 0.300. The summed E-state index contributed by atoms with van der Waals surface area (Å²) in [5.74, 6) is -0.506. The van der Waals surface area contributed by atoms with Crippen LogP contribution in [0.4, 0.5) is 4.79 Å². The zero-order chi connectivity index (χ0) is 19.9. The molecule has 0 saturated carbocycles. The van der Waals surface area contributed by atoms with Crippen LogP contribution in [-0.4, -0.2) is 40.3 Å². The van der Waals surface area contributed by atoms with E-state index in [0.717, 1.165) is 10.6 Å². The van der Waals surface area contributed by atoms with E-state index < -0.39 is 12.1 Å². The van der Waals surface area contributed by atoms with Crippen molar-refractivity contribution in [3.05, 3.63) is 64.9 Å². The van der Waals surface area contributed by atoms with Crippen molar-refractivity contribution < 1.29 is 14.4 Å². The smallest absolute Gasteiger partial charge is 0.325 e. The number of benzene rings is 1. The quantitative estimate of drug-likeness (QED) is 0.665. The summed E-state index contributed by atoms with van der Waals surface area (Å²) in [6, 6.07) is 11.5. The van der Waals surface area contributed by atoms with Crippen molar-refractivity contribution in [2.75, 3.05) is 6.54 Å². The van der Waals surface area contributed by atoms with Crippen LogP contribution in [0.1, 0.15) is 24.1 Å². The molecule has 2 aromatic rings. The van der Waals surface area contributed by atoms with Gasteiger partial charge < -0.3 is 10.6 Å². The number of carbonyl (C=O) groups is 3. The normalized spacial score (nSPS) is 16.2. The van der Waals surface area contributed by atoms with Crippen LogP contribution in [0, 0.1) is 0 Å². The summed E-state index contributed by atoms with van der Waals surface area (Å²) in [5.41, 5.74) is 1.59. The molecule has 146 valence electrons. The SMILES string of the molecule is O=C(CC[C@@H]1NC(=O)N(Cc2ccccc2Cl)C1=O)NCCc1ccccn1. The number of urea groups is 1. The second-order valence-corrected chi connectivity index (χ2v) is 6.88. The maximum Gasteiger partial charge on any atom is 0.325 e. The summed E-state index contributed by atoms with van der Waals surface area (Å²) >= 11 is 6.10. The zero-order valence-electron chi connectivity index (χ0n) is 15.2. The van der Waals surface area contributed by atoms with E-state index in [9.17, 15) is 14.4 Å². The lowest BCUT2D eigenvalue weighted by Crippen LogP contribution is -2.33. The molecule has 0 bridgehead atoms. The number of nitrogens with zero attached hydrogens (tertiary/aromatic N) is 2. The molecule has 0 aliphatic carbocycles. The molecule has 3 rings (SSSR count). The van der Waals surface area contributed by atoms with E-state index in [0.29, 0.717) is 23.6 Å². The molecule has 1 aliphatic heterocycles. The second kappa shape index (κ2) is 9.32. The summed E-state index contributed by atoms with van der Waals surface area (Å²) in [5, 5.41) is 5.94. The standard InChI is InChI=1S/C20H21ClN4O3/c21-16-7-2-1-5-14(16)13-25-19(27)17(24-20(25)28)8-9-18(26)23-12-10-15-6-3-4-11-22-15/h1-7,11,17H,8-10,12-13H2,(H,23,26)(H,24,28)/t17-/m0/s1. The fourth-order valence-electron chi connectivity index (χ4n) is 2.96. The number of nitrogens with one attached hydrogen (secondary N) is 2. The van der Waals surface area contributed by atoms with E-state index in [1.165, 1.54) is 0 Å². The third-order valence-electron chi connectivity index (χ3n) is 4.48. The van der Waals surface area contributed by atoms with Gasteiger partial charge >= 0.3 is 6.03 Å². The molecular formula is C20H21ClN4O3. The lowest BCUT2D eigenvalue weighted by molar-refractivity contribution is -0.128. The second-order valence-electron chi connectivity index (χ2n) is 6.48. The van der Waals surface area contributed by atoms with E-state index >= 15 is 0 Å². The van der Waals surface area contributed by atoms with E-state index in [1.54, 1.807) is 30.5 Å². The maximum atomic E-state index is 12.5. The molecular weight excluding hydrogens is 380 g/mol. The Morgan fingerprint density at radius 2 is 1.96 bits per heavy atom. The molecule has 0 unspecified atom stereocenters. The number of hydrogen-bond acceptors (Lipinski definition) is 4. The lowest BCUT2D eigenvalue weighted by atomic mass is 10.1.